The fourth-order valence-electron chi connectivity index (χ4n) is 5.10. The van der Waals surface area contributed by atoms with Gasteiger partial charge in [-0.05, 0) is 38.5 Å². The Kier molecular flexibility index (Phi) is 6.05. The average Bonchev–Trinajstić information content (AvgIpc) is 3.49. The lowest BCUT2D eigenvalue weighted by molar-refractivity contribution is -0.0396. The molecule has 0 radical (unpaired) electrons. The third-order valence-electron chi connectivity index (χ3n) is 6.86. The Morgan fingerprint density at radius 3 is 2.76 bits per heavy atom. The zero-order valence-corrected chi connectivity index (χ0v) is 21.6. The van der Waals surface area contributed by atoms with E-state index in [0.29, 0.717) is 6.61 Å². The van der Waals surface area contributed by atoms with Crippen LogP contribution in [-0.4, -0.2) is 72.4 Å². The maximum absolute atomic E-state index is 6.27. The van der Waals surface area contributed by atoms with E-state index in [9.17, 15) is 0 Å². The molecule has 6 heterocycles. The number of nitrogens with one attached hydrogen (secondary N) is 1. The van der Waals surface area contributed by atoms with Gasteiger partial charge in [0, 0.05) is 43.6 Å². The molecule has 0 aromatic carbocycles. The van der Waals surface area contributed by atoms with Gasteiger partial charge < -0.3 is 24.4 Å². The SMILES string of the molecule is CSc1nc(NCC2CCCO2)c2sc3nc(N4CCOCC4)c4c(c3c2n1)CC(C)(C)OC4. The van der Waals surface area contributed by atoms with Crippen molar-refractivity contribution in [3.63, 3.8) is 0 Å². The normalized spacial score (nSPS) is 22.4. The summed E-state index contributed by atoms with van der Waals surface area (Å²) in [4.78, 5) is 18.4. The summed E-state index contributed by atoms with van der Waals surface area (Å²) >= 11 is 3.27. The molecule has 8 nitrogen and oxygen atoms in total. The largest absolute Gasteiger partial charge is 0.378 e. The number of nitrogens with zero attached hydrogens (tertiary/aromatic N) is 4. The van der Waals surface area contributed by atoms with E-state index >= 15 is 0 Å². The van der Waals surface area contributed by atoms with E-state index < -0.39 is 0 Å². The van der Waals surface area contributed by atoms with Gasteiger partial charge in [0.25, 0.3) is 0 Å². The molecule has 10 heteroatoms. The quantitative estimate of drug-likeness (QED) is 0.408. The molecule has 0 aliphatic carbocycles. The molecule has 1 atom stereocenters. The maximum atomic E-state index is 6.27. The highest BCUT2D eigenvalue weighted by Crippen LogP contribution is 2.44. The molecule has 0 bridgehead atoms. The van der Waals surface area contributed by atoms with Crippen molar-refractivity contribution in [3.05, 3.63) is 11.1 Å². The van der Waals surface area contributed by atoms with Crippen LogP contribution in [0.1, 0.15) is 37.8 Å². The maximum Gasteiger partial charge on any atom is 0.189 e. The molecule has 2 fully saturated rings. The summed E-state index contributed by atoms with van der Waals surface area (Å²) in [5.74, 6) is 1.93. The Labute approximate surface area is 207 Å². The van der Waals surface area contributed by atoms with E-state index in [1.54, 1.807) is 23.1 Å². The van der Waals surface area contributed by atoms with Crippen LogP contribution in [0.25, 0.3) is 20.4 Å². The van der Waals surface area contributed by atoms with E-state index in [1.165, 1.54) is 16.5 Å². The molecule has 182 valence electrons. The average molecular weight is 502 g/mol. The number of aromatic nitrogens is 3. The third kappa shape index (κ3) is 4.13. The number of morpholine rings is 1. The molecule has 0 saturated carbocycles. The van der Waals surface area contributed by atoms with E-state index in [-0.39, 0.29) is 11.7 Å². The van der Waals surface area contributed by atoms with Gasteiger partial charge in [0.2, 0.25) is 0 Å². The van der Waals surface area contributed by atoms with Crippen LogP contribution in [0.5, 0.6) is 0 Å². The van der Waals surface area contributed by atoms with Crippen molar-refractivity contribution in [3.8, 4) is 0 Å². The monoisotopic (exact) mass is 501 g/mol. The fourth-order valence-corrected chi connectivity index (χ4v) is 6.57. The number of anilines is 2. The van der Waals surface area contributed by atoms with Crippen LogP contribution in [0.4, 0.5) is 11.6 Å². The highest BCUT2D eigenvalue weighted by atomic mass is 32.2. The van der Waals surface area contributed by atoms with Crippen LogP contribution >= 0.6 is 23.1 Å². The topological polar surface area (TPSA) is 81.6 Å². The van der Waals surface area contributed by atoms with Gasteiger partial charge in [-0.3, -0.25) is 0 Å². The van der Waals surface area contributed by atoms with Gasteiger partial charge in [-0.2, -0.15) is 0 Å². The molecule has 3 aromatic heterocycles. The van der Waals surface area contributed by atoms with Gasteiger partial charge >= 0.3 is 0 Å². The van der Waals surface area contributed by atoms with E-state index in [1.807, 2.05) is 6.26 Å². The first-order chi connectivity index (χ1) is 16.5. The second kappa shape index (κ2) is 9.05. The van der Waals surface area contributed by atoms with Crippen molar-refractivity contribution in [2.45, 2.75) is 56.6 Å². The van der Waals surface area contributed by atoms with Crippen molar-refractivity contribution in [2.24, 2.45) is 0 Å². The predicted molar refractivity (Wildman–Crippen MR) is 138 cm³/mol. The smallest absolute Gasteiger partial charge is 0.189 e. The van der Waals surface area contributed by atoms with Crippen molar-refractivity contribution >= 4 is 55.2 Å². The molecular weight excluding hydrogens is 470 g/mol. The standard InChI is InChI=1S/C24H31N5O3S2/c1-24(2)11-15-16(13-32-24)21(29-6-9-30-10-7-29)28-22-17(15)18-19(34-22)20(27-23(26-18)33-3)25-12-14-5-4-8-31-14/h14H,4-13H2,1-3H3,(H,25,26,27). The molecule has 2 saturated heterocycles. The number of hydrogen-bond acceptors (Lipinski definition) is 10. The van der Waals surface area contributed by atoms with Crippen LogP contribution in [0.3, 0.4) is 0 Å². The molecule has 6 rings (SSSR count). The highest BCUT2D eigenvalue weighted by Gasteiger charge is 2.33. The summed E-state index contributed by atoms with van der Waals surface area (Å²) in [6, 6.07) is 0. The Morgan fingerprint density at radius 2 is 2.00 bits per heavy atom. The van der Waals surface area contributed by atoms with Gasteiger partial charge in [-0.15, -0.1) is 11.3 Å². The van der Waals surface area contributed by atoms with Gasteiger partial charge in [-0.1, -0.05) is 11.8 Å². The molecule has 0 amide bonds. The molecule has 1 unspecified atom stereocenters. The van der Waals surface area contributed by atoms with Gasteiger partial charge in [0.05, 0.1) is 41.7 Å². The van der Waals surface area contributed by atoms with Gasteiger partial charge in [-0.25, -0.2) is 15.0 Å². The number of thioether (sulfide) groups is 1. The van der Waals surface area contributed by atoms with E-state index in [2.05, 4.69) is 24.1 Å². The number of pyridine rings is 1. The lowest BCUT2D eigenvalue weighted by Gasteiger charge is -2.36. The molecular formula is C24H31N5O3S2. The zero-order valence-electron chi connectivity index (χ0n) is 20.0. The first kappa shape index (κ1) is 22.7. The summed E-state index contributed by atoms with van der Waals surface area (Å²) in [7, 11) is 0. The van der Waals surface area contributed by atoms with Gasteiger partial charge in [0.1, 0.15) is 16.5 Å². The van der Waals surface area contributed by atoms with E-state index in [0.717, 1.165) is 90.6 Å². The molecule has 3 aliphatic heterocycles. The lowest BCUT2D eigenvalue weighted by Crippen LogP contribution is -2.39. The molecule has 34 heavy (non-hydrogen) atoms. The molecule has 3 aromatic rings. The van der Waals surface area contributed by atoms with Crippen LogP contribution in [-0.2, 0) is 27.2 Å². The number of thiophene rings is 1. The number of rotatable bonds is 5. The van der Waals surface area contributed by atoms with Crippen molar-refractivity contribution in [2.75, 3.05) is 55.9 Å². The zero-order chi connectivity index (χ0) is 23.3. The van der Waals surface area contributed by atoms with Crippen LogP contribution in [0.15, 0.2) is 5.16 Å². The number of ether oxygens (including phenoxy) is 3. The summed E-state index contributed by atoms with van der Waals surface area (Å²) < 4.78 is 18.8. The predicted octanol–water partition coefficient (Wildman–Crippen LogP) is 4.24. The molecule has 0 spiro atoms. The van der Waals surface area contributed by atoms with Crippen molar-refractivity contribution < 1.29 is 14.2 Å². The Balaban J connectivity index is 1.53. The first-order valence-electron chi connectivity index (χ1n) is 12.0. The molecule has 3 aliphatic rings. The minimum Gasteiger partial charge on any atom is -0.378 e. The second-order valence-corrected chi connectivity index (χ2v) is 11.5. The second-order valence-electron chi connectivity index (χ2n) is 9.75. The van der Waals surface area contributed by atoms with Crippen molar-refractivity contribution in [1.29, 1.82) is 0 Å². The Bertz CT molecular complexity index is 1220. The number of fused-ring (bicyclic) bond motifs is 5. The van der Waals surface area contributed by atoms with Crippen LogP contribution in [0, 0.1) is 0 Å². The van der Waals surface area contributed by atoms with Crippen molar-refractivity contribution in [1.82, 2.24) is 15.0 Å². The minimum atomic E-state index is -0.228. The lowest BCUT2D eigenvalue weighted by atomic mass is 9.90. The number of hydrogen-bond donors (Lipinski definition) is 1. The summed E-state index contributed by atoms with van der Waals surface area (Å²) in [6.07, 6.45) is 5.33. The Morgan fingerprint density at radius 1 is 1.15 bits per heavy atom. The minimum absolute atomic E-state index is 0.228. The van der Waals surface area contributed by atoms with Crippen LogP contribution in [0.2, 0.25) is 0 Å². The summed E-state index contributed by atoms with van der Waals surface area (Å²) in [5.41, 5.74) is 3.30. The van der Waals surface area contributed by atoms with E-state index in [4.69, 9.17) is 29.2 Å². The first-order valence-corrected chi connectivity index (χ1v) is 14.1. The Hall–Kier alpha value is -1.72. The van der Waals surface area contributed by atoms with Gasteiger partial charge in [0.15, 0.2) is 5.16 Å². The summed E-state index contributed by atoms with van der Waals surface area (Å²) in [5, 5.41) is 5.53. The molecule has 1 N–H and O–H groups in total. The third-order valence-corrected chi connectivity index (χ3v) is 8.49. The van der Waals surface area contributed by atoms with Crippen LogP contribution < -0.4 is 10.2 Å². The summed E-state index contributed by atoms with van der Waals surface area (Å²) in [6.45, 7) is 9.68. The highest BCUT2D eigenvalue weighted by molar-refractivity contribution is 7.98. The fraction of sp³-hybridized carbons (Fsp3) is 0.625.